The number of hydrogen-bond acceptors (Lipinski definition) is 5. The van der Waals surface area contributed by atoms with E-state index in [1.165, 1.54) is 29.0 Å². The molecule has 1 N–H and O–H groups in total. The van der Waals surface area contributed by atoms with Crippen LogP contribution < -0.4 is 19.5 Å². The van der Waals surface area contributed by atoms with Gasteiger partial charge in [0.1, 0.15) is 5.75 Å². The number of hydrogen-bond donors (Lipinski definition) is 1. The molecule has 1 atom stereocenters. The second-order valence-electron chi connectivity index (χ2n) is 8.84. The van der Waals surface area contributed by atoms with Crippen LogP contribution in [0.2, 0.25) is 0 Å². The molecule has 1 unspecified atom stereocenters. The molecule has 0 bridgehead atoms. The molecule has 2 aromatic rings. The quantitative estimate of drug-likeness (QED) is 0.340. The van der Waals surface area contributed by atoms with E-state index in [-0.39, 0.29) is 23.0 Å². The monoisotopic (exact) mass is 470 g/mol. The summed E-state index contributed by atoms with van der Waals surface area (Å²) < 4.78 is 25.5. The van der Waals surface area contributed by atoms with E-state index in [1.54, 1.807) is 38.1 Å². The molecule has 1 saturated heterocycles. The normalized spacial score (nSPS) is 17.6. The number of amides is 1. The van der Waals surface area contributed by atoms with Crippen molar-refractivity contribution in [2.75, 3.05) is 34.3 Å². The van der Waals surface area contributed by atoms with Gasteiger partial charge >= 0.3 is 0 Å². The van der Waals surface area contributed by atoms with Crippen molar-refractivity contribution in [3.8, 4) is 11.5 Å². The van der Waals surface area contributed by atoms with Crippen molar-refractivity contribution in [2.24, 2.45) is 0 Å². The van der Waals surface area contributed by atoms with Gasteiger partial charge in [0.15, 0.2) is 11.6 Å². The average Bonchev–Trinajstić information content (AvgIpc) is 3.04. The Morgan fingerprint density at radius 3 is 2.47 bits per heavy atom. The predicted molar refractivity (Wildman–Crippen MR) is 124 cm³/mol. The highest BCUT2D eigenvalue weighted by Crippen LogP contribution is 2.42. The second kappa shape index (κ2) is 10.7. The van der Waals surface area contributed by atoms with Crippen molar-refractivity contribution in [1.82, 2.24) is 4.90 Å². The van der Waals surface area contributed by atoms with E-state index in [1.807, 2.05) is 14.1 Å². The molecule has 182 valence electrons. The number of carbonyl (C=O) groups is 2. The maximum Gasteiger partial charge on any atom is 0.295 e. The van der Waals surface area contributed by atoms with Crippen LogP contribution in [0.1, 0.15) is 37.4 Å². The average molecular weight is 471 g/mol. The molecule has 0 aliphatic carbocycles. The van der Waals surface area contributed by atoms with Crippen molar-refractivity contribution < 1.29 is 33.5 Å². The van der Waals surface area contributed by atoms with Crippen LogP contribution in [0.15, 0.2) is 48.0 Å². The van der Waals surface area contributed by atoms with Gasteiger partial charge in [-0.1, -0.05) is 30.0 Å². The summed E-state index contributed by atoms with van der Waals surface area (Å²) in [6, 6.07) is 9.86. The number of quaternary nitrogens is 1. The Labute approximate surface area is 199 Å². The van der Waals surface area contributed by atoms with Crippen molar-refractivity contribution in [2.45, 2.75) is 32.4 Å². The number of ether oxygens (including phenoxy) is 2. The number of Topliss-reactive ketones (excluding diaryl/α,β-unsaturated/α-hetero) is 1. The van der Waals surface area contributed by atoms with Crippen LogP contribution >= 0.6 is 0 Å². The maximum atomic E-state index is 14.6. The first kappa shape index (κ1) is 25.2. The molecule has 3 rings (SSSR count). The van der Waals surface area contributed by atoms with Crippen LogP contribution in [0, 0.1) is 5.82 Å². The van der Waals surface area contributed by atoms with Crippen LogP contribution in [-0.2, 0) is 9.59 Å². The van der Waals surface area contributed by atoms with E-state index in [0.29, 0.717) is 24.3 Å². The van der Waals surface area contributed by atoms with Gasteiger partial charge in [0.05, 0.1) is 39.9 Å². The number of carbonyl (C=O) groups excluding carboxylic acids is 2. The lowest BCUT2D eigenvalue weighted by molar-refractivity contribution is -0.858. The topological polar surface area (TPSA) is 83.3 Å². The van der Waals surface area contributed by atoms with Crippen LogP contribution in [0.3, 0.4) is 0 Å². The SMILES string of the molecule is COc1ccccc1C1C(=C([O-])c2ccc(OC(C)C)c(F)c2)C(=O)C(=O)N1CCC[NH+](C)C. The summed E-state index contributed by atoms with van der Waals surface area (Å²) in [5.41, 5.74) is 0.304. The van der Waals surface area contributed by atoms with Crippen LogP contribution in [-0.4, -0.2) is 57.0 Å². The molecule has 1 aliphatic rings. The van der Waals surface area contributed by atoms with E-state index in [2.05, 4.69) is 0 Å². The van der Waals surface area contributed by atoms with Crippen molar-refractivity contribution in [1.29, 1.82) is 0 Å². The Morgan fingerprint density at radius 1 is 1.15 bits per heavy atom. The van der Waals surface area contributed by atoms with Crippen molar-refractivity contribution in [3.63, 3.8) is 0 Å². The van der Waals surface area contributed by atoms with Gasteiger partial charge in [-0.2, -0.15) is 0 Å². The predicted octanol–water partition coefficient (Wildman–Crippen LogP) is 1.38. The number of halogens is 1. The third kappa shape index (κ3) is 5.22. The Bertz CT molecular complexity index is 1100. The number of para-hydroxylation sites is 1. The summed E-state index contributed by atoms with van der Waals surface area (Å²) in [4.78, 5) is 28.7. The molecule has 1 fully saturated rings. The van der Waals surface area contributed by atoms with E-state index in [9.17, 15) is 19.1 Å². The van der Waals surface area contributed by atoms with E-state index >= 15 is 0 Å². The molecule has 34 heavy (non-hydrogen) atoms. The minimum absolute atomic E-state index is 0.0134. The molecule has 0 aromatic heterocycles. The highest BCUT2D eigenvalue weighted by Gasteiger charge is 2.45. The summed E-state index contributed by atoms with van der Waals surface area (Å²) in [5, 5.41) is 13.5. The third-order valence-electron chi connectivity index (χ3n) is 5.60. The Balaban J connectivity index is 2.12. The van der Waals surface area contributed by atoms with Crippen LogP contribution in [0.4, 0.5) is 4.39 Å². The number of methoxy groups -OCH3 is 1. The highest BCUT2D eigenvalue weighted by molar-refractivity contribution is 6.46. The molecule has 8 heteroatoms. The molecule has 1 aliphatic heterocycles. The van der Waals surface area contributed by atoms with E-state index in [4.69, 9.17) is 9.47 Å². The molecular formula is C26H31FN2O5. The van der Waals surface area contributed by atoms with Crippen LogP contribution in [0.25, 0.3) is 5.76 Å². The fraction of sp³-hybridized carbons (Fsp3) is 0.385. The number of ketones is 1. The molecule has 0 radical (unpaired) electrons. The first-order chi connectivity index (χ1) is 16.1. The molecule has 7 nitrogen and oxygen atoms in total. The fourth-order valence-corrected chi connectivity index (χ4v) is 4.07. The lowest BCUT2D eigenvalue weighted by atomic mass is 9.94. The third-order valence-corrected chi connectivity index (χ3v) is 5.60. The number of nitrogens with one attached hydrogen (secondary N) is 1. The summed E-state index contributed by atoms with van der Waals surface area (Å²) in [7, 11) is 5.48. The number of rotatable bonds is 9. The standard InChI is InChI=1S/C26H31FN2O5/c1-16(2)34-21-12-11-17(15-19(21)27)24(30)22-23(18-9-6-7-10-20(18)33-5)29(26(32)25(22)31)14-8-13-28(3)4/h6-7,9-12,15-16,23,30H,8,13-14H2,1-5H3. The Kier molecular flexibility index (Phi) is 7.94. The van der Waals surface area contributed by atoms with Crippen LogP contribution in [0.5, 0.6) is 11.5 Å². The van der Waals surface area contributed by atoms with Gasteiger partial charge < -0.3 is 24.4 Å². The molecule has 1 amide bonds. The minimum atomic E-state index is -0.921. The lowest BCUT2D eigenvalue weighted by Gasteiger charge is -2.28. The summed E-state index contributed by atoms with van der Waals surface area (Å²) >= 11 is 0. The molecule has 0 saturated carbocycles. The first-order valence-corrected chi connectivity index (χ1v) is 11.3. The summed E-state index contributed by atoms with van der Waals surface area (Å²) in [6.45, 7) is 4.61. The first-order valence-electron chi connectivity index (χ1n) is 11.3. The highest BCUT2D eigenvalue weighted by atomic mass is 19.1. The zero-order valence-corrected chi connectivity index (χ0v) is 20.2. The summed E-state index contributed by atoms with van der Waals surface area (Å²) in [6.07, 6.45) is 0.400. The number of nitrogens with zero attached hydrogens (tertiary/aromatic N) is 1. The van der Waals surface area contributed by atoms with Gasteiger partial charge in [-0.15, -0.1) is 0 Å². The van der Waals surface area contributed by atoms with Gasteiger partial charge in [-0.25, -0.2) is 4.39 Å². The Hall–Kier alpha value is -3.39. The van der Waals surface area contributed by atoms with Gasteiger partial charge in [0.25, 0.3) is 5.91 Å². The minimum Gasteiger partial charge on any atom is -0.872 e. The van der Waals surface area contributed by atoms with Gasteiger partial charge in [-0.3, -0.25) is 9.59 Å². The van der Waals surface area contributed by atoms with Gasteiger partial charge in [0, 0.05) is 24.1 Å². The summed E-state index contributed by atoms with van der Waals surface area (Å²) in [5.74, 6) is -2.55. The lowest BCUT2D eigenvalue weighted by Crippen LogP contribution is -3.05. The molecule has 1 heterocycles. The smallest absolute Gasteiger partial charge is 0.295 e. The van der Waals surface area contributed by atoms with E-state index < -0.39 is 29.3 Å². The fourth-order valence-electron chi connectivity index (χ4n) is 4.07. The molecule has 2 aromatic carbocycles. The Morgan fingerprint density at radius 2 is 1.85 bits per heavy atom. The zero-order chi connectivity index (χ0) is 25.0. The number of benzene rings is 2. The van der Waals surface area contributed by atoms with E-state index in [0.717, 1.165) is 12.6 Å². The van der Waals surface area contributed by atoms with Crippen molar-refractivity contribution >= 4 is 17.4 Å². The largest absolute Gasteiger partial charge is 0.872 e. The van der Waals surface area contributed by atoms with Gasteiger partial charge in [-0.05, 0) is 37.6 Å². The maximum absolute atomic E-state index is 14.6. The second-order valence-corrected chi connectivity index (χ2v) is 8.84. The zero-order valence-electron chi connectivity index (χ0n) is 20.2. The van der Waals surface area contributed by atoms with Gasteiger partial charge in [0.2, 0.25) is 5.78 Å². The molecular weight excluding hydrogens is 439 g/mol. The number of likely N-dealkylation sites (tertiary alicyclic amines) is 1. The van der Waals surface area contributed by atoms with Crippen molar-refractivity contribution in [3.05, 3.63) is 65.0 Å². The molecule has 0 spiro atoms.